The minimum absolute atomic E-state index is 0.0332. The Hall–Kier alpha value is -1.37. The van der Waals surface area contributed by atoms with Crippen molar-refractivity contribution in [2.75, 3.05) is 0 Å². The number of aromatic nitrogens is 2. The lowest BCUT2D eigenvalue weighted by molar-refractivity contribution is -0.141. The normalized spacial score (nSPS) is 13.8. The summed E-state index contributed by atoms with van der Waals surface area (Å²) in [6.45, 7) is 1.80. The quantitative estimate of drug-likeness (QED) is 0.823. The van der Waals surface area contributed by atoms with Crippen LogP contribution in [0, 0.1) is 0 Å². The van der Waals surface area contributed by atoms with E-state index in [1.807, 2.05) is 0 Å². The third-order valence-corrected chi connectivity index (χ3v) is 2.06. The highest BCUT2D eigenvalue weighted by atomic mass is 19.4. The van der Waals surface area contributed by atoms with E-state index in [0.717, 1.165) is 0 Å². The van der Waals surface area contributed by atoms with Crippen LogP contribution in [0.4, 0.5) is 13.2 Å². The van der Waals surface area contributed by atoms with E-state index in [1.54, 1.807) is 6.92 Å². The highest BCUT2D eigenvalue weighted by Gasteiger charge is 2.33. The van der Waals surface area contributed by atoms with Crippen molar-refractivity contribution in [3.05, 3.63) is 27.9 Å². The van der Waals surface area contributed by atoms with Gasteiger partial charge in [0.2, 0.25) is 0 Å². The van der Waals surface area contributed by atoms with Crippen molar-refractivity contribution in [1.29, 1.82) is 0 Å². The number of aromatic amines is 1. The molecule has 0 aliphatic heterocycles. The Balaban J connectivity index is 3.04. The lowest BCUT2D eigenvalue weighted by atomic mass is 10.1. The first kappa shape index (κ1) is 12.7. The molecule has 1 aromatic rings. The lowest BCUT2D eigenvalue weighted by Gasteiger charge is -2.10. The summed E-state index contributed by atoms with van der Waals surface area (Å²) in [7, 11) is 0. The number of hydrogen-bond acceptors (Lipinski definition) is 3. The molecule has 1 unspecified atom stereocenters. The smallest absolute Gasteiger partial charge is 0.327 e. The van der Waals surface area contributed by atoms with Crippen LogP contribution < -0.4 is 11.3 Å². The van der Waals surface area contributed by atoms with Gasteiger partial charge in [0.1, 0.15) is 5.82 Å². The first-order valence-electron chi connectivity index (χ1n) is 4.76. The Morgan fingerprint density at radius 1 is 1.56 bits per heavy atom. The first-order chi connectivity index (χ1) is 7.32. The molecule has 0 amide bonds. The summed E-state index contributed by atoms with van der Waals surface area (Å²) < 4.78 is 37.0. The van der Waals surface area contributed by atoms with Crippen molar-refractivity contribution in [1.82, 2.24) is 9.97 Å². The van der Waals surface area contributed by atoms with Crippen molar-refractivity contribution >= 4 is 0 Å². The molecule has 0 aliphatic rings. The van der Waals surface area contributed by atoms with Crippen molar-refractivity contribution in [3.8, 4) is 0 Å². The molecule has 1 aromatic heterocycles. The molecule has 0 saturated heterocycles. The van der Waals surface area contributed by atoms with Crippen molar-refractivity contribution in [2.24, 2.45) is 5.73 Å². The van der Waals surface area contributed by atoms with Crippen LogP contribution in [0.15, 0.2) is 10.9 Å². The summed E-state index contributed by atoms with van der Waals surface area (Å²) >= 11 is 0. The van der Waals surface area contributed by atoms with E-state index in [-0.39, 0.29) is 18.3 Å². The van der Waals surface area contributed by atoms with E-state index in [1.165, 1.54) is 0 Å². The van der Waals surface area contributed by atoms with Gasteiger partial charge < -0.3 is 10.7 Å². The number of hydrogen-bond donors (Lipinski definition) is 2. The van der Waals surface area contributed by atoms with Crippen LogP contribution in [0.3, 0.4) is 0 Å². The second-order valence-electron chi connectivity index (χ2n) is 3.45. The Labute approximate surface area is 89.7 Å². The fourth-order valence-corrected chi connectivity index (χ4v) is 1.14. The fourth-order valence-electron chi connectivity index (χ4n) is 1.14. The van der Waals surface area contributed by atoms with Gasteiger partial charge in [-0.1, -0.05) is 6.92 Å². The molecule has 0 aliphatic carbocycles. The van der Waals surface area contributed by atoms with E-state index < -0.39 is 17.4 Å². The van der Waals surface area contributed by atoms with Crippen LogP contribution in [-0.4, -0.2) is 16.0 Å². The van der Waals surface area contributed by atoms with Gasteiger partial charge in [0.25, 0.3) is 5.56 Å². The molecule has 1 atom stereocenters. The minimum Gasteiger partial charge on any atom is -0.327 e. The maximum Gasteiger partial charge on any atom is 0.433 e. The monoisotopic (exact) mass is 235 g/mol. The number of nitrogens with one attached hydrogen (secondary N) is 1. The Morgan fingerprint density at radius 2 is 2.19 bits per heavy atom. The van der Waals surface area contributed by atoms with Crippen LogP contribution in [-0.2, 0) is 12.6 Å². The topological polar surface area (TPSA) is 71.8 Å². The molecule has 4 nitrogen and oxygen atoms in total. The fraction of sp³-hybridized carbons (Fsp3) is 0.556. The van der Waals surface area contributed by atoms with Crippen molar-refractivity contribution < 1.29 is 13.2 Å². The van der Waals surface area contributed by atoms with Gasteiger partial charge in [-0.25, -0.2) is 4.98 Å². The number of H-pyrrole nitrogens is 1. The Morgan fingerprint density at radius 3 is 2.69 bits per heavy atom. The first-order valence-corrected chi connectivity index (χ1v) is 4.76. The molecule has 7 heteroatoms. The zero-order chi connectivity index (χ0) is 12.3. The van der Waals surface area contributed by atoms with Gasteiger partial charge >= 0.3 is 6.18 Å². The summed E-state index contributed by atoms with van der Waals surface area (Å²) in [5.41, 5.74) is 3.57. The molecule has 0 spiro atoms. The molecule has 0 fully saturated rings. The maximum atomic E-state index is 12.3. The molecule has 0 saturated carbocycles. The molecule has 90 valence electrons. The van der Waals surface area contributed by atoms with Crippen LogP contribution in [0.1, 0.15) is 24.9 Å². The predicted octanol–water partition coefficient (Wildman–Crippen LogP) is 1.07. The summed E-state index contributed by atoms with van der Waals surface area (Å²) in [6, 6.07) is 0.118. The van der Waals surface area contributed by atoms with Crippen molar-refractivity contribution in [3.63, 3.8) is 0 Å². The van der Waals surface area contributed by atoms with Crippen LogP contribution in [0.5, 0.6) is 0 Å². The number of nitrogens with zero attached hydrogens (tertiary/aromatic N) is 1. The largest absolute Gasteiger partial charge is 0.433 e. The summed E-state index contributed by atoms with van der Waals surface area (Å²) in [5.74, 6) is -0.0332. The van der Waals surface area contributed by atoms with Gasteiger partial charge in [-0.05, 0) is 6.42 Å². The van der Waals surface area contributed by atoms with Gasteiger partial charge in [-0.2, -0.15) is 13.2 Å². The molecular formula is C9H12F3N3O. The minimum atomic E-state index is -4.61. The highest BCUT2D eigenvalue weighted by molar-refractivity contribution is 5.07. The van der Waals surface area contributed by atoms with Crippen LogP contribution in [0.2, 0.25) is 0 Å². The molecule has 16 heavy (non-hydrogen) atoms. The summed E-state index contributed by atoms with van der Waals surface area (Å²) in [6.07, 6.45) is -3.89. The van der Waals surface area contributed by atoms with Gasteiger partial charge in [-0.15, -0.1) is 0 Å². The highest BCUT2D eigenvalue weighted by Crippen LogP contribution is 2.26. The second kappa shape index (κ2) is 4.65. The molecule has 0 bridgehead atoms. The summed E-state index contributed by atoms with van der Waals surface area (Å²) in [5, 5.41) is 0. The predicted molar refractivity (Wildman–Crippen MR) is 51.8 cm³/mol. The van der Waals surface area contributed by atoms with Gasteiger partial charge in [0.15, 0.2) is 5.69 Å². The number of nitrogens with two attached hydrogens (primary N) is 1. The summed E-state index contributed by atoms with van der Waals surface area (Å²) in [4.78, 5) is 16.6. The molecule has 1 heterocycles. The van der Waals surface area contributed by atoms with Gasteiger partial charge in [-0.3, -0.25) is 4.79 Å². The number of halogens is 3. The third-order valence-electron chi connectivity index (χ3n) is 2.06. The second-order valence-corrected chi connectivity index (χ2v) is 3.45. The van der Waals surface area contributed by atoms with Gasteiger partial charge in [0.05, 0.1) is 0 Å². The van der Waals surface area contributed by atoms with E-state index in [4.69, 9.17) is 5.73 Å². The molecule has 1 rings (SSSR count). The standard InChI is InChI=1S/C9H12F3N3O/c1-2-5(13)3-7-14-6(9(10,11)12)4-8(16)15-7/h4-5H,2-3,13H2,1H3,(H,14,15,16). The average Bonchev–Trinajstić information content (AvgIpc) is 2.15. The third kappa shape index (κ3) is 3.34. The Kier molecular flexibility index (Phi) is 3.69. The molecular weight excluding hydrogens is 223 g/mol. The zero-order valence-corrected chi connectivity index (χ0v) is 8.64. The van der Waals surface area contributed by atoms with E-state index in [2.05, 4.69) is 9.97 Å². The van der Waals surface area contributed by atoms with Crippen molar-refractivity contribution in [2.45, 2.75) is 32.0 Å². The van der Waals surface area contributed by atoms with Crippen LogP contribution >= 0.6 is 0 Å². The number of alkyl halides is 3. The molecule has 3 N–H and O–H groups in total. The van der Waals surface area contributed by atoms with E-state index in [0.29, 0.717) is 12.5 Å². The maximum absolute atomic E-state index is 12.3. The average molecular weight is 235 g/mol. The van der Waals surface area contributed by atoms with Crippen LogP contribution in [0.25, 0.3) is 0 Å². The Bertz CT molecular complexity index is 413. The lowest BCUT2D eigenvalue weighted by Crippen LogP contribution is -2.26. The molecule has 0 aromatic carbocycles. The van der Waals surface area contributed by atoms with E-state index in [9.17, 15) is 18.0 Å². The number of rotatable bonds is 3. The zero-order valence-electron chi connectivity index (χ0n) is 8.64. The molecule has 0 radical (unpaired) electrons. The SMILES string of the molecule is CCC(N)Cc1nc(C(F)(F)F)cc(=O)[nH]1. The van der Waals surface area contributed by atoms with E-state index >= 15 is 0 Å². The van der Waals surface area contributed by atoms with Gasteiger partial charge in [0, 0.05) is 18.5 Å².